The van der Waals surface area contributed by atoms with Crippen molar-refractivity contribution in [3.05, 3.63) is 36.4 Å². The molecule has 0 aromatic heterocycles. The molecule has 1 aromatic carbocycles. The smallest absolute Gasteiger partial charge is 0.306 e. The molecule has 0 amide bonds. The minimum Gasteiger partial charge on any atom is -0.486 e. The Morgan fingerprint density at radius 1 is 1.31 bits per heavy atom. The molecule has 1 aliphatic rings. The van der Waals surface area contributed by atoms with E-state index >= 15 is 0 Å². The Morgan fingerprint density at radius 3 is 2.77 bits per heavy atom. The average molecular weight is 182 g/mol. The number of hydrogen-bond acceptors (Lipinski definition) is 1. The fourth-order valence-corrected chi connectivity index (χ4v) is 1.29. The molecular weight excluding hydrogens is 174 g/mol. The maximum atomic E-state index is 13.1. The lowest BCUT2D eigenvalue weighted by atomic mass is 9.99. The molecule has 1 nitrogen and oxygen atoms in total. The fourth-order valence-electron chi connectivity index (χ4n) is 1.29. The van der Waals surface area contributed by atoms with E-state index in [9.17, 15) is 8.78 Å². The van der Waals surface area contributed by atoms with Gasteiger partial charge in [-0.15, -0.1) is 0 Å². The minimum absolute atomic E-state index is 0.158. The molecule has 1 heterocycles. The molecule has 1 aromatic rings. The van der Waals surface area contributed by atoms with Crippen LogP contribution in [0.15, 0.2) is 30.8 Å². The average Bonchev–Trinajstić information content (AvgIpc) is 2.13. The Hall–Kier alpha value is -1.38. The summed E-state index contributed by atoms with van der Waals surface area (Å²) < 4.78 is 31.0. The lowest BCUT2D eigenvalue weighted by Gasteiger charge is -2.26. The summed E-state index contributed by atoms with van der Waals surface area (Å²) >= 11 is 0. The lowest BCUT2D eigenvalue weighted by Crippen LogP contribution is -2.31. The van der Waals surface area contributed by atoms with E-state index in [1.165, 1.54) is 0 Å². The molecule has 0 unspecified atom stereocenters. The first-order valence-electron chi connectivity index (χ1n) is 3.91. The summed E-state index contributed by atoms with van der Waals surface area (Å²) in [7, 11) is 0. The van der Waals surface area contributed by atoms with E-state index in [4.69, 9.17) is 4.74 Å². The molecular formula is C10H8F2O. The second-order valence-electron chi connectivity index (χ2n) is 2.97. The van der Waals surface area contributed by atoms with Crippen molar-refractivity contribution in [2.75, 3.05) is 6.61 Å². The zero-order valence-electron chi connectivity index (χ0n) is 6.89. The zero-order valence-corrected chi connectivity index (χ0v) is 6.89. The molecule has 0 N–H and O–H groups in total. The van der Waals surface area contributed by atoms with Crippen LogP contribution in [-0.2, 0) is 0 Å². The Bertz CT molecular complexity index is 358. The zero-order chi connectivity index (χ0) is 9.47. The van der Waals surface area contributed by atoms with Gasteiger partial charge in [0, 0.05) is 11.1 Å². The van der Waals surface area contributed by atoms with Gasteiger partial charge in [0.05, 0.1) is 0 Å². The molecule has 0 spiro atoms. The van der Waals surface area contributed by atoms with Crippen LogP contribution in [0.3, 0.4) is 0 Å². The molecule has 0 fully saturated rings. The van der Waals surface area contributed by atoms with Gasteiger partial charge in [-0.1, -0.05) is 24.8 Å². The summed E-state index contributed by atoms with van der Waals surface area (Å²) in [6.45, 7) is 2.77. The van der Waals surface area contributed by atoms with Gasteiger partial charge in [-0.2, -0.15) is 8.78 Å². The Kier molecular flexibility index (Phi) is 1.62. The summed E-state index contributed by atoms with van der Waals surface area (Å²) in [5.74, 6) is -2.45. The Labute approximate surface area is 74.6 Å². The van der Waals surface area contributed by atoms with Crippen LogP contribution in [0.1, 0.15) is 5.56 Å². The third kappa shape index (κ3) is 1.20. The molecule has 13 heavy (non-hydrogen) atoms. The predicted octanol–water partition coefficient (Wildman–Crippen LogP) is 2.73. The van der Waals surface area contributed by atoms with Crippen molar-refractivity contribution in [2.24, 2.45) is 0 Å². The van der Waals surface area contributed by atoms with Crippen molar-refractivity contribution >= 4 is 5.57 Å². The molecule has 0 atom stereocenters. The third-order valence-electron chi connectivity index (χ3n) is 2.06. The highest BCUT2D eigenvalue weighted by atomic mass is 19.3. The highest BCUT2D eigenvalue weighted by molar-refractivity contribution is 5.74. The van der Waals surface area contributed by atoms with Gasteiger partial charge in [0.25, 0.3) is 0 Å². The first-order chi connectivity index (χ1) is 6.11. The quantitative estimate of drug-likeness (QED) is 0.599. The number of para-hydroxylation sites is 1. The molecule has 0 saturated carbocycles. The van der Waals surface area contributed by atoms with Gasteiger partial charge in [-0.3, -0.25) is 0 Å². The number of fused-ring (bicyclic) bond motifs is 1. The summed E-state index contributed by atoms with van der Waals surface area (Å²) in [5.41, 5.74) is 0.244. The van der Waals surface area contributed by atoms with Crippen LogP contribution >= 0.6 is 0 Å². The largest absolute Gasteiger partial charge is 0.486 e. The minimum atomic E-state index is -2.94. The van der Waals surface area contributed by atoms with Gasteiger partial charge < -0.3 is 4.74 Å². The number of ether oxygens (including phenoxy) is 1. The third-order valence-corrected chi connectivity index (χ3v) is 2.06. The van der Waals surface area contributed by atoms with Crippen LogP contribution in [0.5, 0.6) is 5.75 Å². The molecule has 0 radical (unpaired) electrons. The molecule has 1 aliphatic heterocycles. The van der Waals surface area contributed by atoms with Gasteiger partial charge in [-0.05, 0) is 6.07 Å². The van der Waals surface area contributed by atoms with Gasteiger partial charge in [-0.25, -0.2) is 0 Å². The van der Waals surface area contributed by atoms with Crippen molar-refractivity contribution < 1.29 is 13.5 Å². The van der Waals surface area contributed by atoms with Crippen molar-refractivity contribution in [1.82, 2.24) is 0 Å². The number of alkyl halides is 2. The van der Waals surface area contributed by atoms with Crippen LogP contribution < -0.4 is 4.74 Å². The Morgan fingerprint density at radius 2 is 2.00 bits per heavy atom. The van der Waals surface area contributed by atoms with Gasteiger partial charge >= 0.3 is 5.92 Å². The molecule has 0 aliphatic carbocycles. The van der Waals surface area contributed by atoms with E-state index in [-0.39, 0.29) is 5.57 Å². The molecule has 0 bridgehead atoms. The standard InChI is InChI=1S/C10H8F2O/c1-7-8-4-2-3-5-9(8)13-6-10(7,11)12/h2-5H,1,6H2. The van der Waals surface area contributed by atoms with Crippen LogP contribution in [0.2, 0.25) is 0 Å². The SMILES string of the molecule is C=C1c2ccccc2OCC1(F)F. The van der Waals surface area contributed by atoms with E-state index in [0.29, 0.717) is 11.3 Å². The second-order valence-corrected chi connectivity index (χ2v) is 2.97. The first-order valence-corrected chi connectivity index (χ1v) is 3.91. The molecule has 3 heteroatoms. The first kappa shape index (κ1) is 8.23. The summed E-state index contributed by atoms with van der Waals surface area (Å²) in [4.78, 5) is 0. The van der Waals surface area contributed by atoms with Crippen LogP contribution in [0.25, 0.3) is 5.57 Å². The van der Waals surface area contributed by atoms with Gasteiger partial charge in [0.1, 0.15) is 5.75 Å². The molecule has 68 valence electrons. The highest BCUT2D eigenvalue weighted by Crippen LogP contribution is 2.40. The monoisotopic (exact) mass is 182 g/mol. The van der Waals surface area contributed by atoms with Gasteiger partial charge in [0.2, 0.25) is 0 Å². The number of hydrogen-bond donors (Lipinski definition) is 0. The Balaban J connectivity index is 2.52. The fraction of sp³-hybridized carbons (Fsp3) is 0.200. The number of benzene rings is 1. The maximum absolute atomic E-state index is 13.1. The van der Waals surface area contributed by atoms with Crippen LogP contribution in [0.4, 0.5) is 8.78 Å². The van der Waals surface area contributed by atoms with E-state index in [1.807, 2.05) is 0 Å². The normalized spacial score (nSPS) is 19.1. The second kappa shape index (κ2) is 2.55. The molecule has 2 rings (SSSR count). The van der Waals surface area contributed by atoms with E-state index in [0.717, 1.165) is 0 Å². The summed E-state index contributed by atoms with van der Waals surface area (Å²) in [6.07, 6.45) is 0. The lowest BCUT2D eigenvalue weighted by molar-refractivity contribution is 0.00783. The summed E-state index contributed by atoms with van der Waals surface area (Å²) in [5, 5.41) is 0. The van der Waals surface area contributed by atoms with Crippen LogP contribution in [-0.4, -0.2) is 12.5 Å². The van der Waals surface area contributed by atoms with Crippen molar-refractivity contribution in [3.8, 4) is 5.75 Å². The molecule has 0 saturated heterocycles. The number of rotatable bonds is 0. The van der Waals surface area contributed by atoms with Crippen LogP contribution in [0, 0.1) is 0 Å². The van der Waals surface area contributed by atoms with Crippen molar-refractivity contribution in [1.29, 1.82) is 0 Å². The number of halogens is 2. The van der Waals surface area contributed by atoms with E-state index < -0.39 is 12.5 Å². The predicted molar refractivity (Wildman–Crippen MR) is 45.9 cm³/mol. The maximum Gasteiger partial charge on any atom is 0.306 e. The van der Waals surface area contributed by atoms with Crippen molar-refractivity contribution in [2.45, 2.75) is 5.92 Å². The summed E-state index contributed by atoms with van der Waals surface area (Å²) in [6, 6.07) is 6.69. The van der Waals surface area contributed by atoms with Crippen molar-refractivity contribution in [3.63, 3.8) is 0 Å². The van der Waals surface area contributed by atoms with Gasteiger partial charge in [0.15, 0.2) is 6.61 Å². The topological polar surface area (TPSA) is 9.23 Å². The van der Waals surface area contributed by atoms with E-state index in [2.05, 4.69) is 6.58 Å². The highest BCUT2D eigenvalue weighted by Gasteiger charge is 2.39. The van der Waals surface area contributed by atoms with E-state index in [1.54, 1.807) is 24.3 Å².